The number of halogens is 1. The Bertz CT molecular complexity index is 568. The minimum atomic E-state index is -0.535. The first-order chi connectivity index (χ1) is 8.11. The molecule has 1 aromatic heterocycles. The molecule has 0 saturated carbocycles. The van der Waals surface area contributed by atoms with E-state index in [1.54, 1.807) is 24.6 Å². The zero-order chi connectivity index (χ0) is 12.4. The van der Waals surface area contributed by atoms with Gasteiger partial charge in [0, 0.05) is 10.9 Å². The Hall–Kier alpha value is -1.59. The van der Waals surface area contributed by atoms with E-state index in [0.29, 0.717) is 15.8 Å². The van der Waals surface area contributed by atoms with E-state index in [4.69, 9.17) is 22.1 Å². The van der Waals surface area contributed by atoms with Crippen molar-refractivity contribution in [2.24, 2.45) is 5.73 Å². The zero-order valence-corrected chi connectivity index (χ0v) is 10.5. The van der Waals surface area contributed by atoms with Gasteiger partial charge in [0.1, 0.15) is 16.5 Å². The number of primary amides is 1. The van der Waals surface area contributed by atoms with Crippen molar-refractivity contribution in [2.45, 2.75) is 0 Å². The first kappa shape index (κ1) is 11.9. The van der Waals surface area contributed by atoms with Gasteiger partial charge in [-0.15, -0.1) is 11.3 Å². The van der Waals surface area contributed by atoms with E-state index >= 15 is 0 Å². The second kappa shape index (κ2) is 4.73. The van der Waals surface area contributed by atoms with Crippen LogP contribution in [0.3, 0.4) is 0 Å². The van der Waals surface area contributed by atoms with Gasteiger partial charge in [0.2, 0.25) is 0 Å². The highest BCUT2D eigenvalue weighted by Crippen LogP contribution is 2.31. The van der Waals surface area contributed by atoms with E-state index in [1.807, 2.05) is 6.07 Å². The summed E-state index contributed by atoms with van der Waals surface area (Å²) in [5.41, 5.74) is 6.23. The normalized spacial score (nSPS) is 10.2. The van der Waals surface area contributed by atoms with E-state index in [0.717, 1.165) is 5.56 Å². The highest BCUT2D eigenvalue weighted by molar-refractivity contribution is 7.13. The summed E-state index contributed by atoms with van der Waals surface area (Å²) < 4.78 is 5.06. The van der Waals surface area contributed by atoms with Gasteiger partial charge >= 0.3 is 0 Å². The highest BCUT2D eigenvalue weighted by Gasteiger charge is 2.10. The van der Waals surface area contributed by atoms with Crippen molar-refractivity contribution in [2.75, 3.05) is 7.11 Å². The molecule has 0 bridgehead atoms. The first-order valence-corrected chi connectivity index (χ1v) is 5.97. The fourth-order valence-electron chi connectivity index (χ4n) is 1.32. The van der Waals surface area contributed by atoms with Crippen LogP contribution in [-0.2, 0) is 0 Å². The number of nitrogens with zero attached hydrogens (tertiary/aromatic N) is 1. The monoisotopic (exact) mass is 268 g/mol. The molecule has 0 saturated heterocycles. The maximum atomic E-state index is 10.9. The van der Waals surface area contributed by atoms with Crippen LogP contribution < -0.4 is 10.5 Å². The molecule has 2 N–H and O–H groups in total. The molecule has 2 aromatic rings. The summed E-state index contributed by atoms with van der Waals surface area (Å²) in [6, 6.07) is 5.32. The molecule has 0 aliphatic heterocycles. The Balaban J connectivity index is 2.39. The number of aromatic nitrogens is 1. The van der Waals surface area contributed by atoms with Gasteiger partial charge in [0.15, 0.2) is 0 Å². The molecule has 4 nitrogen and oxygen atoms in total. The Morgan fingerprint density at radius 2 is 2.29 bits per heavy atom. The lowest BCUT2D eigenvalue weighted by molar-refractivity contribution is 0.0996. The van der Waals surface area contributed by atoms with Crippen molar-refractivity contribution < 1.29 is 9.53 Å². The van der Waals surface area contributed by atoms with Crippen LogP contribution in [-0.4, -0.2) is 18.0 Å². The minimum Gasteiger partial charge on any atom is -0.495 e. The molecule has 0 unspecified atom stereocenters. The predicted molar refractivity (Wildman–Crippen MR) is 67.6 cm³/mol. The summed E-state index contributed by atoms with van der Waals surface area (Å²) in [6.45, 7) is 0. The van der Waals surface area contributed by atoms with Gasteiger partial charge in [-0.2, -0.15) is 0 Å². The van der Waals surface area contributed by atoms with Crippen LogP contribution in [0.1, 0.15) is 10.5 Å². The molecule has 1 heterocycles. The largest absolute Gasteiger partial charge is 0.495 e. The van der Waals surface area contributed by atoms with Gasteiger partial charge in [0.25, 0.3) is 5.91 Å². The van der Waals surface area contributed by atoms with E-state index in [-0.39, 0.29) is 5.69 Å². The predicted octanol–water partition coefficient (Wildman–Crippen LogP) is 2.57. The van der Waals surface area contributed by atoms with Crippen molar-refractivity contribution in [3.8, 4) is 16.3 Å². The number of ether oxygens (including phenoxy) is 1. The molecule has 88 valence electrons. The number of hydrogen-bond acceptors (Lipinski definition) is 4. The molecule has 1 aromatic carbocycles. The molecule has 1 amide bonds. The third-order valence-electron chi connectivity index (χ3n) is 2.16. The summed E-state index contributed by atoms with van der Waals surface area (Å²) in [5, 5.41) is 2.82. The molecule has 0 fully saturated rings. The Morgan fingerprint density at radius 1 is 1.53 bits per heavy atom. The smallest absolute Gasteiger partial charge is 0.268 e. The summed E-state index contributed by atoms with van der Waals surface area (Å²) in [5.74, 6) is 0.0641. The van der Waals surface area contributed by atoms with E-state index < -0.39 is 5.91 Å². The van der Waals surface area contributed by atoms with Crippen LogP contribution in [0.15, 0.2) is 23.6 Å². The standard InChI is InChI=1S/C11H9ClN2O2S/c1-16-9-3-2-6(4-7(9)12)11-14-8(5-17-11)10(13)15/h2-5H,1H3,(H2,13,15). The van der Waals surface area contributed by atoms with Crippen molar-refractivity contribution in [3.05, 3.63) is 34.3 Å². The zero-order valence-electron chi connectivity index (χ0n) is 8.94. The molecule has 0 aliphatic rings. The maximum Gasteiger partial charge on any atom is 0.268 e. The lowest BCUT2D eigenvalue weighted by atomic mass is 10.2. The number of carbonyl (C=O) groups is 1. The van der Waals surface area contributed by atoms with Gasteiger partial charge in [-0.25, -0.2) is 4.98 Å². The molecule has 2 rings (SSSR count). The van der Waals surface area contributed by atoms with Gasteiger partial charge < -0.3 is 10.5 Å². The number of rotatable bonds is 3. The number of carbonyl (C=O) groups excluding carboxylic acids is 1. The average molecular weight is 269 g/mol. The maximum absolute atomic E-state index is 10.9. The molecule has 0 aliphatic carbocycles. The lowest BCUT2D eigenvalue weighted by Crippen LogP contribution is -2.10. The van der Waals surface area contributed by atoms with E-state index in [9.17, 15) is 4.79 Å². The Kier molecular flexibility index (Phi) is 3.31. The third-order valence-corrected chi connectivity index (χ3v) is 3.34. The molecule has 17 heavy (non-hydrogen) atoms. The van der Waals surface area contributed by atoms with Gasteiger partial charge in [0.05, 0.1) is 12.1 Å². The molecule has 0 radical (unpaired) electrons. The average Bonchev–Trinajstić information content (AvgIpc) is 2.78. The number of hydrogen-bond donors (Lipinski definition) is 1. The summed E-state index contributed by atoms with van der Waals surface area (Å²) in [4.78, 5) is 15.1. The molecular formula is C11H9ClN2O2S. The summed E-state index contributed by atoms with van der Waals surface area (Å²) >= 11 is 7.35. The lowest BCUT2D eigenvalue weighted by Gasteiger charge is -2.03. The minimum absolute atomic E-state index is 0.261. The van der Waals surface area contributed by atoms with Gasteiger partial charge in [-0.1, -0.05) is 11.6 Å². The molecule has 6 heteroatoms. The van der Waals surface area contributed by atoms with E-state index in [1.165, 1.54) is 11.3 Å². The summed E-state index contributed by atoms with van der Waals surface area (Å²) in [7, 11) is 1.55. The van der Waals surface area contributed by atoms with Crippen LogP contribution in [0.2, 0.25) is 5.02 Å². The second-order valence-corrected chi connectivity index (χ2v) is 4.52. The van der Waals surface area contributed by atoms with E-state index in [2.05, 4.69) is 4.98 Å². The van der Waals surface area contributed by atoms with Gasteiger partial charge in [-0.3, -0.25) is 4.79 Å². The fraction of sp³-hybridized carbons (Fsp3) is 0.0909. The van der Waals surface area contributed by atoms with Crippen LogP contribution in [0, 0.1) is 0 Å². The second-order valence-electron chi connectivity index (χ2n) is 3.25. The summed E-state index contributed by atoms with van der Waals surface area (Å²) in [6.07, 6.45) is 0. The van der Waals surface area contributed by atoms with Crippen molar-refractivity contribution in [1.82, 2.24) is 4.98 Å². The Labute approximate surface area is 107 Å². The Morgan fingerprint density at radius 3 is 2.82 bits per heavy atom. The van der Waals surface area contributed by atoms with Crippen LogP contribution in [0.25, 0.3) is 10.6 Å². The topological polar surface area (TPSA) is 65.2 Å². The molecule has 0 atom stereocenters. The number of benzene rings is 1. The molecule has 0 spiro atoms. The number of methoxy groups -OCH3 is 1. The number of thiazole rings is 1. The van der Waals surface area contributed by atoms with Crippen molar-refractivity contribution in [3.63, 3.8) is 0 Å². The first-order valence-electron chi connectivity index (χ1n) is 4.71. The SMILES string of the molecule is COc1ccc(-c2nc(C(N)=O)cs2)cc1Cl. The highest BCUT2D eigenvalue weighted by atomic mass is 35.5. The van der Waals surface area contributed by atoms with Gasteiger partial charge in [-0.05, 0) is 18.2 Å². The van der Waals surface area contributed by atoms with Crippen molar-refractivity contribution in [1.29, 1.82) is 0 Å². The van der Waals surface area contributed by atoms with Crippen molar-refractivity contribution >= 4 is 28.8 Å². The molecular weight excluding hydrogens is 260 g/mol. The van der Waals surface area contributed by atoms with Crippen LogP contribution in [0.5, 0.6) is 5.75 Å². The number of amides is 1. The van der Waals surface area contributed by atoms with Crippen LogP contribution >= 0.6 is 22.9 Å². The third kappa shape index (κ3) is 2.40. The van der Waals surface area contributed by atoms with Crippen LogP contribution in [0.4, 0.5) is 0 Å². The number of nitrogens with two attached hydrogens (primary N) is 1. The quantitative estimate of drug-likeness (QED) is 0.930. The fourth-order valence-corrected chi connectivity index (χ4v) is 2.38.